The number of fused-ring (bicyclic) bond motifs is 3. The van der Waals surface area contributed by atoms with Gasteiger partial charge in [0.1, 0.15) is 5.69 Å². The highest BCUT2D eigenvalue weighted by atomic mass is 32.2. The van der Waals surface area contributed by atoms with E-state index in [4.69, 9.17) is 5.10 Å². The van der Waals surface area contributed by atoms with Gasteiger partial charge in [-0.2, -0.15) is 0 Å². The van der Waals surface area contributed by atoms with Crippen molar-refractivity contribution in [1.29, 1.82) is 0 Å². The maximum Gasteiger partial charge on any atom is 0.325 e. The summed E-state index contributed by atoms with van der Waals surface area (Å²) in [4.78, 5) is 35.2. The number of nitrogens with zero attached hydrogens (tertiary/aromatic N) is 4. The molecule has 0 fully saturated rings. The third-order valence-electron chi connectivity index (χ3n) is 5.01. The number of pyridine rings is 1. The molecule has 0 aliphatic carbocycles. The summed E-state index contributed by atoms with van der Waals surface area (Å²) in [6.45, 7) is 5.55. The number of carbonyl (C=O) groups excluding carboxylic acids is 1. The molecule has 2 aromatic heterocycles. The van der Waals surface area contributed by atoms with E-state index in [0.717, 1.165) is 24.3 Å². The average Bonchev–Trinajstić information content (AvgIpc) is 2.72. The van der Waals surface area contributed by atoms with Gasteiger partial charge < -0.3 is 0 Å². The highest BCUT2D eigenvalue weighted by Crippen LogP contribution is 2.36. The molecule has 0 unspecified atom stereocenters. The Kier molecular flexibility index (Phi) is 5.67. The van der Waals surface area contributed by atoms with Gasteiger partial charge in [0.15, 0.2) is 0 Å². The van der Waals surface area contributed by atoms with Crippen molar-refractivity contribution in [2.24, 2.45) is 0 Å². The van der Waals surface area contributed by atoms with Crippen LogP contribution >= 0.6 is 11.8 Å². The zero-order chi connectivity index (χ0) is 21.3. The number of aryl methyl sites for hydroxylation is 1. The first-order valence-electron chi connectivity index (χ1n) is 10.0. The number of H-pyrrole nitrogens is 1. The van der Waals surface area contributed by atoms with Crippen molar-refractivity contribution in [3.8, 4) is 11.3 Å². The zero-order valence-corrected chi connectivity index (χ0v) is 18.1. The van der Waals surface area contributed by atoms with Crippen molar-refractivity contribution in [2.45, 2.75) is 44.9 Å². The van der Waals surface area contributed by atoms with Gasteiger partial charge in [-0.05, 0) is 42.3 Å². The fraction of sp³-hybridized carbons (Fsp3) is 0.318. The number of nitrogens with one attached hydrogen (secondary N) is 1. The lowest BCUT2D eigenvalue weighted by atomic mass is 10.0. The molecule has 1 N–H and O–H groups in total. The summed E-state index contributed by atoms with van der Waals surface area (Å²) in [5.74, 6) is 0.718. The summed E-state index contributed by atoms with van der Waals surface area (Å²) in [6, 6.07) is 13.1. The molecule has 1 aliphatic rings. The number of thioether (sulfide) groups is 1. The summed E-state index contributed by atoms with van der Waals surface area (Å²) < 4.78 is 1.65. The van der Waals surface area contributed by atoms with Gasteiger partial charge in [-0.1, -0.05) is 43.3 Å². The van der Waals surface area contributed by atoms with Gasteiger partial charge >= 0.3 is 17.4 Å². The molecule has 30 heavy (non-hydrogen) atoms. The van der Waals surface area contributed by atoms with Crippen LogP contribution in [0.4, 0.5) is 5.69 Å². The smallest absolute Gasteiger partial charge is 0.291 e. The monoisotopic (exact) mass is 422 g/mol. The normalized spacial score (nSPS) is 14.9. The van der Waals surface area contributed by atoms with Crippen molar-refractivity contribution < 1.29 is 9.48 Å². The molecule has 8 heteroatoms. The van der Waals surface area contributed by atoms with Crippen molar-refractivity contribution in [1.82, 2.24) is 15.1 Å². The first kappa shape index (κ1) is 20.3. The molecule has 1 amide bonds. The van der Waals surface area contributed by atoms with Gasteiger partial charge in [-0.25, -0.2) is 9.88 Å². The Hall–Kier alpha value is -3.00. The first-order chi connectivity index (χ1) is 14.5. The van der Waals surface area contributed by atoms with Gasteiger partial charge in [-0.15, -0.1) is 0 Å². The fourth-order valence-electron chi connectivity index (χ4n) is 3.67. The highest BCUT2D eigenvalue weighted by Gasteiger charge is 2.45. The lowest BCUT2D eigenvalue weighted by Crippen LogP contribution is -2.60. The number of carbonyl (C=O) groups is 1. The topological polar surface area (TPSA) is 82.8 Å². The molecule has 4 rings (SSSR count). The number of amides is 1. The second-order valence-electron chi connectivity index (χ2n) is 7.24. The van der Waals surface area contributed by atoms with Crippen molar-refractivity contribution in [3.05, 3.63) is 64.2 Å². The number of anilines is 1. The zero-order valence-electron chi connectivity index (χ0n) is 17.3. The van der Waals surface area contributed by atoms with Crippen molar-refractivity contribution in [2.75, 3.05) is 10.7 Å². The lowest BCUT2D eigenvalue weighted by molar-refractivity contribution is -0.763. The van der Waals surface area contributed by atoms with Gasteiger partial charge in [0.25, 0.3) is 0 Å². The van der Waals surface area contributed by atoms with E-state index in [1.54, 1.807) is 9.58 Å². The Morgan fingerprint density at radius 1 is 1.23 bits per heavy atom. The number of benzene rings is 1. The van der Waals surface area contributed by atoms with E-state index in [-0.39, 0.29) is 11.5 Å². The van der Waals surface area contributed by atoms with E-state index in [9.17, 15) is 9.59 Å². The van der Waals surface area contributed by atoms with Gasteiger partial charge in [-0.3, -0.25) is 14.6 Å². The fourth-order valence-corrected chi connectivity index (χ4v) is 4.60. The van der Waals surface area contributed by atoms with Crippen LogP contribution in [0.25, 0.3) is 11.3 Å². The molecular weight excluding hydrogens is 398 g/mol. The molecule has 0 saturated carbocycles. The minimum Gasteiger partial charge on any atom is -0.291 e. The molecule has 1 atom stereocenters. The number of aromatic nitrogens is 4. The Bertz CT molecular complexity index is 1160. The van der Waals surface area contributed by atoms with Crippen LogP contribution in [0.1, 0.15) is 44.2 Å². The number of aromatic amines is 1. The molecule has 3 heterocycles. The maximum atomic E-state index is 13.1. The minimum atomic E-state index is -0.639. The SMILES string of the molecule is CCCCSc1n[n+]2c(c(=O)[nH]1)-c1ccccc1N(C(C)=O)[C@@H]2c1cccc(C)n1. The first-order valence-corrected chi connectivity index (χ1v) is 11.0. The maximum absolute atomic E-state index is 13.1. The number of unbranched alkanes of at least 4 members (excludes halogenated alkanes) is 1. The Morgan fingerprint density at radius 2 is 2.03 bits per heavy atom. The molecule has 1 aliphatic heterocycles. The summed E-state index contributed by atoms with van der Waals surface area (Å²) >= 11 is 1.51. The second kappa shape index (κ2) is 8.39. The van der Waals surface area contributed by atoms with E-state index in [0.29, 0.717) is 27.8 Å². The molecule has 3 aromatic rings. The van der Waals surface area contributed by atoms with Crippen LogP contribution in [-0.4, -0.2) is 26.7 Å². The molecular formula is C22H24N5O2S+. The Morgan fingerprint density at radius 3 is 2.77 bits per heavy atom. The number of hydrogen-bond donors (Lipinski definition) is 1. The third-order valence-corrected chi connectivity index (χ3v) is 5.96. The third kappa shape index (κ3) is 3.63. The highest BCUT2D eigenvalue weighted by molar-refractivity contribution is 7.99. The standard InChI is InChI=1S/C22H23N5O2S/c1-4-5-13-30-22-24-20(29)19-16-10-6-7-12-18(16)26(15(3)28)21(27(19)25-22)17-11-8-9-14(2)23-17/h6-12,21H,4-5,13H2,1-3H3/p+1/t21-/m0/s1. The number of rotatable bonds is 5. The van der Waals surface area contributed by atoms with Crippen LogP contribution in [0.15, 0.2) is 52.4 Å². The molecule has 0 saturated heterocycles. The minimum absolute atomic E-state index is 0.142. The number of para-hydroxylation sites is 1. The van der Waals surface area contributed by atoms with Crippen molar-refractivity contribution >= 4 is 23.4 Å². The van der Waals surface area contributed by atoms with Crippen LogP contribution in [0.3, 0.4) is 0 Å². The molecule has 7 nitrogen and oxygen atoms in total. The van der Waals surface area contributed by atoms with E-state index in [2.05, 4.69) is 16.9 Å². The summed E-state index contributed by atoms with van der Waals surface area (Å²) in [5.41, 5.74) is 3.05. The van der Waals surface area contributed by atoms with Crippen LogP contribution in [-0.2, 0) is 4.79 Å². The molecule has 0 radical (unpaired) electrons. The Labute approximate surface area is 179 Å². The quantitative estimate of drug-likeness (QED) is 0.388. The summed E-state index contributed by atoms with van der Waals surface area (Å²) in [7, 11) is 0. The van der Waals surface area contributed by atoms with E-state index < -0.39 is 6.17 Å². The van der Waals surface area contributed by atoms with Gasteiger partial charge in [0.2, 0.25) is 11.1 Å². The van der Waals surface area contributed by atoms with E-state index in [1.165, 1.54) is 18.7 Å². The van der Waals surface area contributed by atoms with Crippen molar-refractivity contribution in [3.63, 3.8) is 0 Å². The summed E-state index contributed by atoms with van der Waals surface area (Å²) in [6.07, 6.45) is 1.46. The average molecular weight is 423 g/mol. The van der Waals surface area contributed by atoms with E-state index >= 15 is 0 Å². The number of hydrogen-bond acceptors (Lipinski definition) is 5. The van der Waals surface area contributed by atoms with Gasteiger partial charge in [0, 0.05) is 23.5 Å². The lowest BCUT2D eigenvalue weighted by Gasteiger charge is -2.30. The molecule has 0 spiro atoms. The molecule has 1 aromatic carbocycles. The predicted molar refractivity (Wildman–Crippen MR) is 116 cm³/mol. The second-order valence-corrected chi connectivity index (χ2v) is 8.32. The Balaban J connectivity index is 1.98. The van der Waals surface area contributed by atoms with Crippen LogP contribution in [0.2, 0.25) is 0 Å². The van der Waals surface area contributed by atoms with Gasteiger partial charge in [0.05, 0.1) is 11.3 Å². The van der Waals surface area contributed by atoms with Crippen LogP contribution in [0.5, 0.6) is 0 Å². The van der Waals surface area contributed by atoms with Crippen LogP contribution in [0, 0.1) is 6.92 Å². The predicted octanol–water partition coefficient (Wildman–Crippen LogP) is 3.23. The summed E-state index contributed by atoms with van der Waals surface area (Å²) in [5, 5.41) is 5.29. The van der Waals surface area contributed by atoms with E-state index in [1.807, 2.05) is 49.4 Å². The largest absolute Gasteiger partial charge is 0.325 e. The van der Waals surface area contributed by atoms with Crippen LogP contribution < -0.4 is 15.1 Å². The molecule has 0 bridgehead atoms. The molecule has 154 valence electrons.